The van der Waals surface area contributed by atoms with Crippen molar-refractivity contribution in [1.29, 1.82) is 0 Å². The fourth-order valence-corrected chi connectivity index (χ4v) is 3.28. The SMILES string of the molecule is Cc1ccc(CNc2ccc(SCC(=O)Nc3ccc(C)cc3C)nn2)cc1. The number of aromatic nitrogens is 2. The predicted molar refractivity (Wildman–Crippen MR) is 116 cm³/mol. The zero-order valence-electron chi connectivity index (χ0n) is 16.3. The van der Waals surface area contributed by atoms with Crippen LogP contribution < -0.4 is 10.6 Å². The highest BCUT2D eigenvalue weighted by Gasteiger charge is 2.07. The minimum atomic E-state index is -0.0553. The van der Waals surface area contributed by atoms with Crippen LogP contribution in [0.5, 0.6) is 0 Å². The van der Waals surface area contributed by atoms with Crippen LogP contribution >= 0.6 is 11.8 Å². The summed E-state index contributed by atoms with van der Waals surface area (Å²) in [5.41, 5.74) is 5.51. The Morgan fingerprint density at radius 3 is 2.36 bits per heavy atom. The maximum atomic E-state index is 12.2. The molecule has 2 N–H and O–H groups in total. The van der Waals surface area contributed by atoms with Crippen LogP contribution in [0.2, 0.25) is 0 Å². The van der Waals surface area contributed by atoms with E-state index >= 15 is 0 Å². The normalized spacial score (nSPS) is 10.5. The van der Waals surface area contributed by atoms with Crippen molar-refractivity contribution in [2.45, 2.75) is 32.3 Å². The summed E-state index contributed by atoms with van der Waals surface area (Å²) < 4.78 is 0. The van der Waals surface area contributed by atoms with E-state index in [0.29, 0.717) is 12.4 Å². The van der Waals surface area contributed by atoms with E-state index < -0.39 is 0 Å². The molecule has 1 aromatic heterocycles. The van der Waals surface area contributed by atoms with Gasteiger partial charge >= 0.3 is 0 Å². The molecule has 0 saturated heterocycles. The number of rotatable bonds is 7. The Morgan fingerprint density at radius 2 is 1.68 bits per heavy atom. The van der Waals surface area contributed by atoms with Crippen LogP contribution in [-0.2, 0) is 11.3 Å². The summed E-state index contributed by atoms with van der Waals surface area (Å²) in [6.45, 7) is 6.79. The Kier molecular flexibility index (Phi) is 6.66. The highest BCUT2D eigenvalue weighted by Crippen LogP contribution is 2.19. The quantitative estimate of drug-likeness (QED) is 0.568. The molecule has 28 heavy (non-hydrogen) atoms. The second-order valence-electron chi connectivity index (χ2n) is 6.75. The van der Waals surface area contributed by atoms with Crippen LogP contribution in [0.1, 0.15) is 22.3 Å². The Bertz CT molecular complexity index is 940. The summed E-state index contributed by atoms with van der Waals surface area (Å²) in [6, 6.07) is 18.1. The van der Waals surface area contributed by atoms with Crippen LogP contribution in [0, 0.1) is 20.8 Å². The second kappa shape index (κ2) is 9.37. The molecule has 0 aliphatic carbocycles. The van der Waals surface area contributed by atoms with E-state index in [1.165, 1.54) is 28.5 Å². The zero-order valence-corrected chi connectivity index (χ0v) is 17.1. The summed E-state index contributed by atoms with van der Waals surface area (Å²) >= 11 is 1.37. The number of carbonyl (C=O) groups is 1. The molecule has 0 aliphatic rings. The van der Waals surface area contributed by atoms with E-state index in [4.69, 9.17) is 0 Å². The van der Waals surface area contributed by atoms with Crippen LogP contribution in [0.4, 0.5) is 11.5 Å². The number of carbonyl (C=O) groups excluding carboxylic acids is 1. The van der Waals surface area contributed by atoms with Gasteiger partial charge in [0.15, 0.2) is 0 Å². The van der Waals surface area contributed by atoms with Gasteiger partial charge in [0, 0.05) is 12.2 Å². The number of hydrogen-bond donors (Lipinski definition) is 2. The highest BCUT2D eigenvalue weighted by atomic mass is 32.2. The van der Waals surface area contributed by atoms with E-state index in [1.807, 2.05) is 38.1 Å². The Balaban J connectivity index is 1.47. The molecule has 0 fully saturated rings. The molecule has 144 valence electrons. The lowest BCUT2D eigenvalue weighted by Gasteiger charge is -2.09. The average Bonchev–Trinajstić information content (AvgIpc) is 2.69. The van der Waals surface area contributed by atoms with E-state index in [0.717, 1.165) is 16.3 Å². The van der Waals surface area contributed by atoms with Crippen molar-refractivity contribution in [2.24, 2.45) is 0 Å². The van der Waals surface area contributed by atoms with Gasteiger partial charge in [0.05, 0.1) is 5.75 Å². The van der Waals surface area contributed by atoms with Crippen LogP contribution in [0.15, 0.2) is 59.6 Å². The maximum absolute atomic E-state index is 12.2. The number of thioether (sulfide) groups is 1. The average molecular weight is 393 g/mol. The van der Waals surface area contributed by atoms with Crippen molar-refractivity contribution in [3.8, 4) is 0 Å². The molecule has 6 heteroatoms. The molecule has 3 aromatic rings. The molecule has 0 radical (unpaired) electrons. The van der Waals surface area contributed by atoms with Gasteiger partial charge in [-0.1, -0.05) is 59.3 Å². The molecule has 0 unspecified atom stereocenters. The molecular weight excluding hydrogens is 368 g/mol. The Hall–Kier alpha value is -2.86. The van der Waals surface area contributed by atoms with Crippen molar-refractivity contribution in [3.05, 3.63) is 76.9 Å². The third-order valence-electron chi connectivity index (χ3n) is 4.24. The summed E-state index contributed by atoms with van der Waals surface area (Å²) in [7, 11) is 0. The van der Waals surface area contributed by atoms with E-state index in [-0.39, 0.29) is 11.7 Å². The fraction of sp³-hybridized carbons (Fsp3) is 0.227. The summed E-state index contributed by atoms with van der Waals surface area (Å²) in [4.78, 5) is 12.2. The lowest BCUT2D eigenvalue weighted by molar-refractivity contribution is -0.113. The van der Waals surface area contributed by atoms with Gasteiger partial charge in [-0.15, -0.1) is 10.2 Å². The molecule has 0 spiro atoms. The standard InChI is InChI=1S/C22H24N4OS/c1-15-4-7-18(8-5-15)13-23-20-10-11-22(26-25-20)28-14-21(27)24-19-9-6-16(2)12-17(19)3/h4-12H,13-14H2,1-3H3,(H,23,25)(H,24,27). The van der Waals surface area contributed by atoms with Crippen molar-refractivity contribution < 1.29 is 4.79 Å². The van der Waals surface area contributed by atoms with E-state index in [1.54, 1.807) is 0 Å². The Labute approximate surface area is 170 Å². The van der Waals surface area contributed by atoms with Gasteiger partial charge in [0.1, 0.15) is 10.8 Å². The first kappa shape index (κ1) is 19.9. The summed E-state index contributed by atoms with van der Waals surface area (Å²) in [6.07, 6.45) is 0. The van der Waals surface area contributed by atoms with Crippen molar-refractivity contribution in [3.63, 3.8) is 0 Å². The largest absolute Gasteiger partial charge is 0.365 e. The smallest absolute Gasteiger partial charge is 0.234 e. The van der Waals surface area contributed by atoms with Crippen molar-refractivity contribution >= 4 is 29.2 Å². The highest BCUT2D eigenvalue weighted by molar-refractivity contribution is 7.99. The molecule has 0 atom stereocenters. The first-order chi connectivity index (χ1) is 13.5. The number of nitrogens with zero attached hydrogens (tertiary/aromatic N) is 2. The van der Waals surface area contributed by atoms with E-state index in [9.17, 15) is 4.79 Å². The Morgan fingerprint density at radius 1 is 0.929 bits per heavy atom. The number of amides is 1. The van der Waals surface area contributed by atoms with Crippen LogP contribution in [0.3, 0.4) is 0 Å². The lowest BCUT2D eigenvalue weighted by atomic mass is 10.1. The second-order valence-corrected chi connectivity index (χ2v) is 7.75. The monoisotopic (exact) mass is 392 g/mol. The van der Waals surface area contributed by atoms with Gasteiger partial charge in [0.25, 0.3) is 0 Å². The first-order valence-corrected chi connectivity index (χ1v) is 10.1. The topological polar surface area (TPSA) is 66.9 Å². The number of hydrogen-bond acceptors (Lipinski definition) is 5. The van der Waals surface area contributed by atoms with Crippen LogP contribution in [0.25, 0.3) is 0 Å². The van der Waals surface area contributed by atoms with Gasteiger partial charge in [0.2, 0.25) is 5.91 Å². The third kappa shape index (κ3) is 5.82. The number of anilines is 2. The van der Waals surface area contributed by atoms with E-state index in [2.05, 4.69) is 58.1 Å². The lowest BCUT2D eigenvalue weighted by Crippen LogP contribution is -2.15. The maximum Gasteiger partial charge on any atom is 0.234 e. The van der Waals surface area contributed by atoms with Crippen molar-refractivity contribution in [1.82, 2.24) is 10.2 Å². The van der Waals surface area contributed by atoms with Crippen LogP contribution in [-0.4, -0.2) is 21.9 Å². The van der Waals surface area contributed by atoms with Gasteiger partial charge in [-0.25, -0.2) is 0 Å². The fourth-order valence-electron chi connectivity index (χ4n) is 2.67. The predicted octanol–water partition coefficient (Wildman–Crippen LogP) is 4.74. The molecule has 3 rings (SSSR count). The minimum Gasteiger partial charge on any atom is -0.365 e. The first-order valence-electron chi connectivity index (χ1n) is 9.12. The van der Waals surface area contributed by atoms with Crippen molar-refractivity contribution in [2.75, 3.05) is 16.4 Å². The summed E-state index contributed by atoms with van der Waals surface area (Å²) in [5.74, 6) is 0.947. The summed E-state index contributed by atoms with van der Waals surface area (Å²) in [5, 5.41) is 15.3. The number of aryl methyl sites for hydroxylation is 3. The molecule has 1 heterocycles. The molecule has 2 aromatic carbocycles. The molecule has 1 amide bonds. The molecule has 0 aliphatic heterocycles. The van der Waals surface area contributed by atoms with Gasteiger partial charge < -0.3 is 10.6 Å². The zero-order chi connectivity index (χ0) is 19.9. The molecule has 0 saturated carbocycles. The number of nitrogens with one attached hydrogen (secondary N) is 2. The minimum absolute atomic E-state index is 0.0553. The molecule has 0 bridgehead atoms. The molecule has 5 nitrogen and oxygen atoms in total. The van der Waals surface area contributed by atoms with Gasteiger partial charge in [-0.2, -0.15) is 0 Å². The number of benzene rings is 2. The van der Waals surface area contributed by atoms with Gasteiger partial charge in [-0.3, -0.25) is 4.79 Å². The third-order valence-corrected chi connectivity index (χ3v) is 5.16. The van der Waals surface area contributed by atoms with Gasteiger partial charge in [-0.05, 0) is 50.1 Å². The molecular formula is C22H24N4OS.